The van der Waals surface area contributed by atoms with Crippen LogP contribution < -0.4 is 10.1 Å². The van der Waals surface area contributed by atoms with E-state index in [1.807, 2.05) is 0 Å². The van der Waals surface area contributed by atoms with Gasteiger partial charge in [-0.2, -0.15) is 0 Å². The van der Waals surface area contributed by atoms with Gasteiger partial charge in [0.25, 0.3) is 0 Å². The molecular formula is C16H25NO. The van der Waals surface area contributed by atoms with Crippen molar-refractivity contribution in [2.45, 2.75) is 52.5 Å². The third-order valence-corrected chi connectivity index (χ3v) is 3.65. The molecule has 1 aromatic carbocycles. The van der Waals surface area contributed by atoms with E-state index in [4.69, 9.17) is 4.74 Å². The van der Waals surface area contributed by atoms with Crippen molar-refractivity contribution in [2.24, 2.45) is 0 Å². The van der Waals surface area contributed by atoms with Gasteiger partial charge in [0.2, 0.25) is 0 Å². The quantitative estimate of drug-likeness (QED) is 0.797. The third-order valence-electron chi connectivity index (χ3n) is 3.65. The van der Waals surface area contributed by atoms with E-state index in [0.29, 0.717) is 6.04 Å². The van der Waals surface area contributed by atoms with Crippen molar-refractivity contribution in [3.63, 3.8) is 0 Å². The van der Waals surface area contributed by atoms with Crippen LogP contribution in [0.3, 0.4) is 0 Å². The first-order valence-corrected chi connectivity index (χ1v) is 7.19. The monoisotopic (exact) mass is 247 g/mol. The van der Waals surface area contributed by atoms with E-state index >= 15 is 0 Å². The minimum atomic E-state index is 0.476. The summed E-state index contributed by atoms with van der Waals surface area (Å²) in [6.07, 6.45) is 4.95. The largest absolute Gasteiger partial charge is 0.493 e. The van der Waals surface area contributed by atoms with E-state index in [1.54, 1.807) is 0 Å². The summed E-state index contributed by atoms with van der Waals surface area (Å²) >= 11 is 0. The molecule has 1 aliphatic heterocycles. The van der Waals surface area contributed by atoms with Crippen molar-refractivity contribution in [3.8, 4) is 5.75 Å². The first kappa shape index (κ1) is 13.4. The molecule has 0 fully saturated rings. The van der Waals surface area contributed by atoms with E-state index in [0.717, 1.165) is 25.3 Å². The molecule has 0 aliphatic carbocycles. The molecule has 1 aliphatic rings. The highest BCUT2D eigenvalue weighted by atomic mass is 16.5. The van der Waals surface area contributed by atoms with Crippen LogP contribution in [0.1, 0.15) is 55.3 Å². The average Bonchev–Trinajstić information content (AvgIpc) is 2.35. The summed E-state index contributed by atoms with van der Waals surface area (Å²) < 4.78 is 5.83. The van der Waals surface area contributed by atoms with Crippen molar-refractivity contribution in [3.05, 3.63) is 28.8 Å². The van der Waals surface area contributed by atoms with E-state index in [1.165, 1.54) is 36.0 Å². The number of fused-ring (bicyclic) bond motifs is 1. The Morgan fingerprint density at radius 2 is 2.11 bits per heavy atom. The summed E-state index contributed by atoms with van der Waals surface area (Å²) in [4.78, 5) is 0. The first-order valence-electron chi connectivity index (χ1n) is 7.19. The summed E-state index contributed by atoms with van der Waals surface area (Å²) in [5, 5.41) is 3.69. The highest BCUT2D eigenvalue weighted by molar-refractivity contribution is 5.46. The van der Waals surface area contributed by atoms with Crippen LogP contribution in [0.25, 0.3) is 0 Å². The lowest BCUT2D eigenvalue weighted by atomic mass is 9.95. The summed E-state index contributed by atoms with van der Waals surface area (Å²) in [6.45, 7) is 8.51. The maximum Gasteiger partial charge on any atom is 0.126 e. The van der Waals surface area contributed by atoms with Crippen LogP contribution >= 0.6 is 0 Å². The standard InChI is InChI=1S/C16H25NO/c1-4-5-6-8-17-15-7-9-18-16-13(3)10-12(2)11-14(15)16/h10-11,15,17H,4-9H2,1-3H3. The van der Waals surface area contributed by atoms with Crippen molar-refractivity contribution >= 4 is 0 Å². The van der Waals surface area contributed by atoms with Gasteiger partial charge in [-0.1, -0.05) is 37.5 Å². The molecule has 1 heterocycles. The molecule has 18 heavy (non-hydrogen) atoms. The Hall–Kier alpha value is -1.02. The second-order valence-electron chi connectivity index (χ2n) is 5.35. The van der Waals surface area contributed by atoms with Gasteiger partial charge in [-0.25, -0.2) is 0 Å². The van der Waals surface area contributed by atoms with Crippen LogP contribution in [0.4, 0.5) is 0 Å². The minimum Gasteiger partial charge on any atom is -0.493 e. The highest BCUT2D eigenvalue weighted by Crippen LogP contribution is 2.35. The summed E-state index contributed by atoms with van der Waals surface area (Å²) in [6, 6.07) is 4.96. The molecule has 1 aromatic rings. The fourth-order valence-corrected chi connectivity index (χ4v) is 2.74. The zero-order valence-electron chi connectivity index (χ0n) is 11.9. The predicted molar refractivity (Wildman–Crippen MR) is 76.3 cm³/mol. The molecule has 0 saturated carbocycles. The number of hydrogen-bond donors (Lipinski definition) is 1. The summed E-state index contributed by atoms with van der Waals surface area (Å²) in [5.41, 5.74) is 3.96. The number of ether oxygens (including phenoxy) is 1. The maximum atomic E-state index is 5.83. The second-order valence-corrected chi connectivity index (χ2v) is 5.35. The Bertz CT molecular complexity index is 400. The van der Waals surface area contributed by atoms with Gasteiger partial charge >= 0.3 is 0 Å². The number of nitrogens with one attached hydrogen (secondary N) is 1. The zero-order chi connectivity index (χ0) is 13.0. The van der Waals surface area contributed by atoms with Crippen molar-refractivity contribution in [1.29, 1.82) is 0 Å². The Balaban J connectivity index is 2.07. The van der Waals surface area contributed by atoms with Gasteiger partial charge in [-0.05, 0) is 32.4 Å². The van der Waals surface area contributed by atoms with Gasteiger partial charge in [0.1, 0.15) is 5.75 Å². The number of benzene rings is 1. The van der Waals surface area contributed by atoms with Gasteiger partial charge in [-0.15, -0.1) is 0 Å². The average molecular weight is 247 g/mol. The molecule has 1 N–H and O–H groups in total. The van der Waals surface area contributed by atoms with Crippen LogP contribution in [-0.4, -0.2) is 13.2 Å². The Kier molecular flexibility index (Phi) is 4.65. The number of unbranched alkanes of at least 4 members (excludes halogenated alkanes) is 2. The number of aryl methyl sites for hydroxylation is 2. The Morgan fingerprint density at radius 1 is 1.28 bits per heavy atom. The van der Waals surface area contributed by atoms with Gasteiger partial charge in [-0.3, -0.25) is 0 Å². The molecule has 100 valence electrons. The van der Waals surface area contributed by atoms with Gasteiger partial charge in [0.15, 0.2) is 0 Å². The van der Waals surface area contributed by atoms with Crippen LogP contribution in [0.2, 0.25) is 0 Å². The SMILES string of the molecule is CCCCCNC1CCOc2c(C)cc(C)cc21. The Morgan fingerprint density at radius 3 is 2.89 bits per heavy atom. The molecule has 2 rings (SSSR count). The van der Waals surface area contributed by atoms with E-state index in [-0.39, 0.29) is 0 Å². The van der Waals surface area contributed by atoms with Crippen LogP contribution in [0, 0.1) is 13.8 Å². The van der Waals surface area contributed by atoms with Crippen molar-refractivity contribution in [1.82, 2.24) is 5.32 Å². The van der Waals surface area contributed by atoms with E-state index < -0.39 is 0 Å². The third kappa shape index (κ3) is 3.05. The molecule has 0 bridgehead atoms. The molecule has 1 unspecified atom stereocenters. The van der Waals surface area contributed by atoms with Gasteiger partial charge < -0.3 is 10.1 Å². The fraction of sp³-hybridized carbons (Fsp3) is 0.625. The second kappa shape index (κ2) is 6.24. The first-order chi connectivity index (χ1) is 8.72. The summed E-state index contributed by atoms with van der Waals surface area (Å²) in [5.74, 6) is 1.11. The van der Waals surface area contributed by atoms with Gasteiger partial charge in [0.05, 0.1) is 6.61 Å². The predicted octanol–water partition coefficient (Wildman–Crippen LogP) is 3.91. The van der Waals surface area contributed by atoms with Crippen LogP contribution in [-0.2, 0) is 0 Å². The van der Waals surface area contributed by atoms with E-state index in [2.05, 4.69) is 38.2 Å². The van der Waals surface area contributed by atoms with Gasteiger partial charge in [0, 0.05) is 18.0 Å². The fourth-order valence-electron chi connectivity index (χ4n) is 2.74. The smallest absolute Gasteiger partial charge is 0.126 e. The maximum absolute atomic E-state index is 5.83. The molecule has 2 heteroatoms. The lowest BCUT2D eigenvalue weighted by Gasteiger charge is -2.28. The summed E-state index contributed by atoms with van der Waals surface area (Å²) in [7, 11) is 0. The highest BCUT2D eigenvalue weighted by Gasteiger charge is 2.22. The Labute approximate surface area is 111 Å². The molecule has 0 spiro atoms. The number of rotatable bonds is 5. The molecular weight excluding hydrogens is 222 g/mol. The molecule has 0 radical (unpaired) electrons. The van der Waals surface area contributed by atoms with Crippen LogP contribution in [0.5, 0.6) is 5.75 Å². The molecule has 0 amide bonds. The lowest BCUT2D eigenvalue weighted by Crippen LogP contribution is -2.28. The van der Waals surface area contributed by atoms with Crippen LogP contribution in [0.15, 0.2) is 12.1 Å². The number of hydrogen-bond acceptors (Lipinski definition) is 2. The topological polar surface area (TPSA) is 21.3 Å². The lowest BCUT2D eigenvalue weighted by molar-refractivity contribution is 0.250. The molecule has 2 nitrogen and oxygen atoms in total. The molecule has 0 saturated heterocycles. The van der Waals surface area contributed by atoms with E-state index in [9.17, 15) is 0 Å². The molecule has 1 atom stereocenters. The minimum absolute atomic E-state index is 0.476. The zero-order valence-corrected chi connectivity index (χ0v) is 11.9. The normalized spacial score (nSPS) is 18.3. The van der Waals surface area contributed by atoms with Crippen molar-refractivity contribution in [2.75, 3.05) is 13.2 Å². The van der Waals surface area contributed by atoms with Crippen molar-refractivity contribution < 1.29 is 4.74 Å². The molecule has 0 aromatic heterocycles.